The summed E-state index contributed by atoms with van der Waals surface area (Å²) in [4.78, 5) is 13.6. The lowest BCUT2D eigenvalue weighted by atomic mass is 10.0. The van der Waals surface area contributed by atoms with Gasteiger partial charge in [-0.15, -0.1) is 0 Å². The number of aliphatic hydroxyl groups is 2. The van der Waals surface area contributed by atoms with Gasteiger partial charge in [0.05, 0.1) is 12.7 Å². The smallest absolute Gasteiger partial charge is 0.267 e. The number of amides is 1. The van der Waals surface area contributed by atoms with Crippen molar-refractivity contribution in [3.8, 4) is 0 Å². The van der Waals surface area contributed by atoms with E-state index in [-0.39, 0.29) is 25.6 Å². The summed E-state index contributed by atoms with van der Waals surface area (Å²) in [6.45, 7) is 3.08. The monoisotopic (exact) mass is 480 g/mol. The van der Waals surface area contributed by atoms with Gasteiger partial charge in [-0.2, -0.15) is 8.42 Å². The maximum Gasteiger partial charge on any atom is 0.267 e. The standard InChI is InChI=1S/C23H48N2O6S/c1-2-3-4-5-6-7-8-9-10-11-12-13-14-15-23(28)24-16-17-25(18-19-26)20-22(27)21-32(29,30)31/h22,26-27H,2-21H2,1H3,(H,24,28)(H,29,30,31). The lowest BCUT2D eigenvalue weighted by molar-refractivity contribution is -0.121. The van der Waals surface area contributed by atoms with E-state index in [2.05, 4.69) is 12.2 Å². The third kappa shape index (κ3) is 22.5. The third-order valence-electron chi connectivity index (χ3n) is 5.55. The molecule has 0 aromatic rings. The molecule has 0 saturated carbocycles. The molecule has 0 aliphatic heterocycles. The summed E-state index contributed by atoms with van der Waals surface area (Å²) in [5.74, 6) is -0.768. The van der Waals surface area contributed by atoms with Gasteiger partial charge in [-0.25, -0.2) is 0 Å². The second-order valence-corrected chi connectivity index (χ2v) is 10.3. The molecule has 0 bridgehead atoms. The van der Waals surface area contributed by atoms with E-state index in [1.54, 1.807) is 4.90 Å². The van der Waals surface area contributed by atoms with E-state index in [1.807, 2.05) is 0 Å². The highest BCUT2D eigenvalue weighted by atomic mass is 32.2. The van der Waals surface area contributed by atoms with Gasteiger partial charge >= 0.3 is 0 Å². The fraction of sp³-hybridized carbons (Fsp3) is 0.957. The molecule has 0 spiro atoms. The van der Waals surface area contributed by atoms with Crippen LogP contribution < -0.4 is 5.32 Å². The van der Waals surface area contributed by atoms with E-state index in [1.165, 1.54) is 70.6 Å². The van der Waals surface area contributed by atoms with Crippen LogP contribution in [0.15, 0.2) is 0 Å². The van der Waals surface area contributed by atoms with Gasteiger partial charge < -0.3 is 15.5 Å². The first-order valence-corrected chi connectivity index (χ1v) is 14.1. The van der Waals surface area contributed by atoms with Crippen LogP contribution in [0.3, 0.4) is 0 Å². The number of carbonyl (C=O) groups is 1. The first-order valence-electron chi connectivity index (χ1n) is 12.5. The van der Waals surface area contributed by atoms with Crippen LogP contribution in [0.25, 0.3) is 0 Å². The van der Waals surface area contributed by atoms with Crippen LogP contribution >= 0.6 is 0 Å². The molecule has 0 heterocycles. The Kier molecular flexibility index (Phi) is 20.4. The van der Waals surface area contributed by atoms with Crippen LogP contribution in [0.5, 0.6) is 0 Å². The van der Waals surface area contributed by atoms with Crippen LogP contribution in [-0.4, -0.2) is 78.6 Å². The van der Waals surface area contributed by atoms with Crippen molar-refractivity contribution in [3.05, 3.63) is 0 Å². The van der Waals surface area contributed by atoms with E-state index in [4.69, 9.17) is 9.66 Å². The molecule has 0 aromatic heterocycles. The molecule has 0 aromatic carbocycles. The Bertz CT molecular complexity index is 545. The Hall–Kier alpha value is -0.740. The average Bonchev–Trinajstić information content (AvgIpc) is 2.70. The predicted molar refractivity (Wildman–Crippen MR) is 129 cm³/mol. The third-order valence-corrected chi connectivity index (χ3v) is 6.35. The number of nitrogens with zero attached hydrogens (tertiary/aromatic N) is 1. The minimum absolute atomic E-state index is 0.00488. The van der Waals surface area contributed by atoms with Gasteiger partial charge in [0.15, 0.2) is 0 Å². The topological polar surface area (TPSA) is 127 Å². The van der Waals surface area contributed by atoms with Gasteiger partial charge in [-0.05, 0) is 6.42 Å². The Balaban J connectivity index is 3.65. The highest BCUT2D eigenvalue weighted by molar-refractivity contribution is 7.85. The summed E-state index contributed by atoms with van der Waals surface area (Å²) in [5.41, 5.74) is 0. The van der Waals surface area contributed by atoms with Crippen molar-refractivity contribution >= 4 is 16.0 Å². The lowest BCUT2D eigenvalue weighted by Crippen LogP contribution is -2.42. The van der Waals surface area contributed by atoms with Gasteiger partial charge in [0.1, 0.15) is 5.75 Å². The molecule has 1 unspecified atom stereocenters. The molecule has 0 aliphatic carbocycles. The average molecular weight is 481 g/mol. The molecule has 9 heteroatoms. The molecule has 8 nitrogen and oxygen atoms in total. The molecule has 0 saturated heterocycles. The summed E-state index contributed by atoms with van der Waals surface area (Å²) in [6.07, 6.45) is 15.7. The van der Waals surface area contributed by atoms with Gasteiger partial charge in [0.25, 0.3) is 10.1 Å². The second kappa shape index (κ2) is 20.8. The maximum atomic E-state index is 12.0. The molecule has 0 fully saturated rings. The maximum absolute atomic E-state index is 12.0. The normalized spacial score (nSPS) is 12.9. The summed E-state index contributed by atoms with van der Waals surface area (Å²) in [6, 6.07) is 0. The fourth-order valence-corrected chi connectivity index (χ4v) is 4.37. The lowest BCUT2D eigenvalue weighted by Gasteiger charge is -2.23. The summed E-state index contributed by atoms with van der Waals surface area (Å²) >= 11 is 0. The molecule has 1 amide bonds. The van der Waals surface area contributed by atoms with E-state index in [0.29, 0.717) is 19.5 Å². The SMILES string of the molecule is CCCCCCCCCCCCCCCC(=O)NCCN(CCO)CC(O)CS(=O)(=O)O. The van der Waals surface area contributed by atoms with Gasteiger partial charge in [-0.3, -0.25) is 14.2 Å². The number of unbranched alkanes of at least 4 members (excludes halogenated alkanes) is 12. The highest BCUT2D eigenvalue weighted by Crippen LogP contribution is 2.12. The number of aliphatic hydroxyl groups excluding tert-OH is 2. The Morgan fingerprint density at radius 2 is 1.38 bits per heavy atom. The molecule has 0 rings (SSSR count). The Morgan fingerprint density at radius 3 is 1.84 bits per heavy atom. The van der Waals surface area contributed by atoms with Crippen molar-refractivity contribution in [1.29, 1.82) is 0 Å². The van der Waals surface area contributed by atoms with Crippen molar-refractivity contribution in [2.75, 3.05) is 38.5 Å². The minimum Gasteiger partial charge on any atom is -0.395 e. The molecular formula is C23H48N2O6S. The van der Waals surface area contributed by atoms with Gasteiger partial charge in [0, 0.05) is 32.6 Å². The second-order valence-electron chi connectivity index (χ2n) is 8.77. The Morgan fingerprint density at radius 1 is 0.875 bits per heavy atom. The Labute approximate surface area is 195 Å². The zero-order valence-corrected chi connectivity index (χ0v) is 21.0. The zero-order valence-electron chi connectivity index (χ0n) is 20.1. The fourth-order valence-electron chi connectivity index (χ4n) is 3.77. The first kappa shape index (κ1) is 31.3. The van der Waals surface area contributed by atoms with Crippen molar-refractivity contribution in [3.63, 3.8) is 0 Å². The molecular weight excluding hydrogens is 432 g/mol. The van der Waals surface area contributed by atoms with Crippen LogP contribution in [-0.2, 0) is 14.9 Å². The van der Waals surface area contributed by atoms with Crippen LogP contribution in [0.2, 0.25) is 0 Å². The number of rotatable bonds is 23. The van der Waals surface area contributed by atoms with E-state index < -0.39 is 22.0 Å². The molecule has 1 atom stereocenters. The highest BCUT2D eigenvalue weighted by Gasteiger charge is 2.17. The van der Waals surface area contributed by atoms with E-state index >= 15 is 0 Å². The van der Waals surface area contributed by atoms with E-state index in [0.717, 1.165) is 12.8 Å². The molecule has 0 radical (unpaired) electrons. The summed E-state index contributed by atoms with van der Waals surface area (Å²) < 4.78 is 30.4. The minimum atomic E-state index is -4.25. The number of hydrogen-bond acceptors (Lipinski definition) is 6. The van der Waals surface area contributed by atoms with Crippen LogP contribution in [0.1, 0.15) is 96.8 Å². The molecule has 32 heavy (non-hydrogen) atoms. The van der Waals surface area contributed by atoms with Crippen molar-refractivity contribution in [2.24, 2.45) is 0 Å². The van der Waals surface area contributed by atoms with Crippen LogP contribution in [0.4, 0.5) is 0 Å². The van der Waals surface area contributed by atoms with Crippen molar-refractivity contribution in [1.82, 2.24) is 10.2 Å². The van der Waals surface area contributed by atoms with Crippen molar-refractivity contribution < 1.29 is 28.0 Å². The quantitative estimate of drug-likeness (QED) is 0.131. The number of hydrogen-bond donors (Lipinski definition) is 4. The van der Waals surface area contributed by atoms with Gasteiger partial charge in [0.2, 0.25) is 5.91 Å². The summed E-state index contributed by atoms with van der Waals surface area (Å²) in [7, 11) is -4.25. The molecule has 0 aliphatic rings. The van der Waals surface area contributed by atoms with Crippen molar-refractivity contribution in [2.45, 2.75) is 103 Å². The number of nitrogens with one attached hydrogen (secondary N) is 1. The summed E-state index contributed by atoms with van der Waals surface area (Å²) in [5, 5.41) is 21.7. The predicted octanol–water partition coefficient (Wildman–Crippen LogP) is 3.13. The molecule has 4 N–H and O–H groups in total. The molecule has 192 valence electrons. The van der Waals surface area contributed by atoms with E-state index in [9.17, 15) is 18.3 Å². The number of carbonyl (C=O) groups excluding carboxylic acids is 1. The van der Waals surface area contributed by atoms with Gasteiger partial charge in [-0.1, -0.05) is 84.0 Å². The zero-order chi connectivity index (χ0) is 24.1. The largest absolute Gasteiger partial charge is 0.395 e. The van der Waals surface area contributed by atoms with Crippen LogP contribution in [0, 0.1) is 0 Å². The first-order chi connectivity index (χ1) is 15.3.